The van der Waals surface area contributed by atoms with E-state index in [1.54, 1.807) is 25.1 Å². The zero-order chi connectivity index (χ0) is 16.3. The van der Waals surface area contributed by atoms with Crippen molar-refractivity contribution >= 4 is 55.1 Å². The molecule has 0 bridgehead atoms. The lowest BCUT2D eigenvalue weighted by Gasteiger charge is -2.16. The van der Waals surface area contributed by atoms with Gasteiger partial charge in [0.05, 0.1) is 10.2 Å². The first-order valence-electron chi connectivity index (χ1n) is 6.24. The maximum atomic E-state index is 13.0. The molecule has 0 spiro atoms. The fraction of sp³-hybridized carbons (Fsp3) is 0.133. The second kappa shape index (κ2) is 7.44. The number of anilines is 1. The van der Waals surface area contributed by atoms with Crippen molar-refractivity contribution < 1.29 is 13.9 Å². The molecule has 1 unspecified atom stereocenters. The monoisotopic (exact) mass is 449 g/mol. The van der Waals surface area contributed by atoms with E-state index < -0.39 is 6.10 Å². The Labute approximate surface area is 149 Å². The van der Waals surface area contributed by atoms with Crippen molar-refractivity contribution in [1.82, 2.24) is 0 Å². The number of carbonyl (C=O) groups is 1. The van der Waals surface area contributed by atoms with Crippen LogP contribution in [0.15, 0.2) is 45.3 Å². The summed E-state index contributed by atoms with van der Waals surface area (Å²) in [5.74, 6) is -0.237. The fourth-order valence-electron chi connectivity index (χ4n) is 1.64. The average molecular weight is 452 g/mol. The zero-order valence-electron chi connectivity index (χ0n) is 11.4. The standard InChI is InChI=1S/C15H11Br2ClFNO2/c1-8(22-14-5-2-9(18)6-12(14)17)15(21)20-13-4-3-10(19)7-11(13)16/h2-8H,1H3,(H,20,21). The molecule has 0 aliphatic heterocycles. The van der Waals surface area contributed by atoms with E-state index in [1.807, 2.05) is 0 Å². The van der Waals surface area contributed by atoms with Crippen molar-refractivity contribution in [2.45, 2.75) is 13.0 Å². The van der Waals surface area contributed by atoms with E-state index in [-0.39, 0.29) is 11.7 Å². The number of carbonyl (C=O) groups excluding carboxylic acids is 1. The van der Waals surface area contributed by atoms with E-state index >= 15 is 0 Å². The van der Waals surface area contributed by atoms with E-state index in [2.05, 4.69) is 37.2 Å². The number of ether oxygens (including phenoxy) is 1. The van der Waals surface area contributed by atoms with E-state index in [9.17, 15) is 9.18 Å². The third-order valence-electron chi connectivity index (χ3n) is 2.76. The smallest absolute Gasteiger partial charge is 0.265 e. The van der Waals surface area contributed by atoms with Crippen LogP contribution in [0.2, 0.25) is 5.02 Å². The summed E-state index contributed by atoms with van der Waals surface area (Å²) < 4.78 is 19.7. The van der Waals surface area contributed by atoms with Crippen LogP contribution in [0.3, 0.4) is 0 Å². The van der Waals surface area contributed by atoms with Crippen LogP contribution in [0.5, 0.6) is 5.75 Å². The van der Waals surface area contributed by atoms with Crippen molar-refractivity contribution in [3.05, 3.63) is 56.2 Å². The molecule has 0 heterocycles. The summed E-state index contributed by atoms with van der Waals surface area (Å²) in [6.45, 7) is 1.62. The minimum atomic E-state index is -0.741. The van der Waals surface area contributed by atoms with Gasteiger partial charge in [-0.2, -0.15) is 0 Å². The van der Waals surface area contributed by atoms with Crippen molar-refractivity contribution in [1.29, 1.82) is 0 Å². The first-order chi connectivity index (χ1) is 10.4. The van der Waals surface area contributed by atoms with E-state index in [1.165, 1.54) is 18.2 Å². The minimum Gasteiger partial charge on any atom is -0.480 e. The van der Waals surface area contributed by atoms with Gasteiger partial charge in [-0.25, -0.2) is 4.39 Å². The lowest BCUT2D eigenvalue weighted by Crippen LogP contribution is -2.30. The Balaban J connectivity index is 2.05. The summed E-state index contributed by atoms with van der Waals surface area (Å²) in [6, 6.07) is 9.03. The van der Waals surface area contributed by atoms with E-state index in [0.29, 0.717) is 25.4 Å². The van der Waals surface area contributed by atoms with Crippen LogP contribution < -0.4 is 10.1 Å². The molecule has 22 heavy (non-hydrogen) atoms. The van der Waals surface area contributed by atoms with Gasteiger partial charge in [0.2, 0.25) is 0 Å². The molecule has 0 aromatic heterocycles. The second-order valence-corrected chi connectivity index (χ2v) is 6.59. The molecule has 3 nitrogen and oxygen atoms in total. The van der Waals surface area contributed by atoms with Gasteiger partial charge in [0.1, 0.15) is 11.6 Å². The lowest BCUT2D eigenvalue weighted by atomic mass is 10.3. The highest BCUT2D eigenvalue weighted by Gasteiger charge is 2.17. The Morgan fingerprint density at radius 2 is 1.95 bits per heavy atom. The van der Waals surface area contributed by atoms with Gasteiger partial charge in [0.15, 0.2) is 6.10 Å². The van der Waals surface area contributed by atoms with Gasteiger partial charge in [0, 0.05) is 9.50 Å². The Morgan fingerprint density at radius 1 is 1.23 bits per heavy atom. The predicted molar refractivity (Wildman–Crippen MR) is 92.0 cm³/mol. The first kappa shape index (κ1) is 17.2. The highest BCUT2D eigenvalue weighted by Crippen LogP contribution is 2.29. The molecule has 0 saturated heterocycles. The number of rotatable bonds is 4. The molecule has 0 fully saturated rings. The van der Waals surface area contributed by atoms with Crippen molar-refractivity contribution in [3.63, 3.8) is 0 Å². The lowest BCUT2D eigenvalue weighted by molar-refractivity contribution is -0.122. The maximum Gasteiger partial charge on any atom is 0.265 e. The SMILES string of the molecule is CC(Oc1ccc(Cl)cc1Br)C(=O)Nc1ccc(F)cc1Br. The molecule has 7 heteroatoms. The highest BCUT2D eigenvalue weighted by molar-refractivity contribution is 9.11. The number of hydrogen-bond donors (Lipinski definition) is 1. The summed E-state index contributed by atoms with van der Waals surface area (Å²) in [7, 11) is 0. The molecule has 2 rings (SSSR count). The highest BCUT2D eigenvalue weighted by atomic mass is 79.9. The molecule has 0 saturated carbocycles. The Hall–Kier alpha value is -1.11. The molecule has 1 atom stereocenters. The second-order valence-electron chi connectivity index (χ2n) is 4.45. The molecular weight excluding hydrogens is 440 g/mol. The maximum absolute atomic E-state index is 13.0. The third kappa shape index (κ3) is 4.44. The van der Waals surface area contributed by atoms with E-state index in [4.69, 9.17) is 16.3 Å². The molecule has 0 aliphatic carbocycles. The largest absolute Gasteiger partial charge is 0.480 e. The number of nitrogens with one attached hydrogen (secondary N) is 1. The quantitative estimate of drug-likeness (QED) is 0.675. The van der Waals surface area contributed by atoms with E-state index in [0.717, 1.165) is 0 Å². The molecular formula is C15H11Br2ClFNO2. The average Bonchev–Trinajstić information content (AvgIpc) is 2.44. The van der Waals surface area contributed by atoms with Gasteiger partial charge >= 0.3 is 0 Å². The van der Waals surface area contributed by atoms with Gasteiger partial charge < -0.3 is 10.1 Å². The predicted octanol–water partition coefficient (Wildman–Crippen LogP) is 5.41. The summed E-state index contributed by atoms with van der Waals surface area (Å²) >= 11 is 12.4. The number of halogens is 4. The topological polar surface area (TPSA) is 38.3 Å². The molecule has 1 N–H and O–H groups in total. The zero-order valence-corrected chi connectivity index (χ0v) is 15.3. The Kier molecular flexibility index (Phi) is 5.83. The Morgan fingerprint density at radius 3 is 2.59 bits per heavy atom. The molecule has 2 aromatic rings. The number of amides is 1. The van der Waals surface area contributed by atoms with Gasteiger partial charge in [-0.1, -0.05) is 11.6 Å². The van der Waals surface area contributed by atoms with Gasteiger partial charge in [0.25, 0.3) is 5.91 Å². The van der Waals surface area contributed by atoms with Gasteiger partial charge in [-0.3, -0.25) is 4.79 Å². The van der Waals surface area contributed by atoms with Crippen molar-refractivity contribution in [2.24, 2.45) is 0 Å². The fourth-order valence-corrected chi connectivity index (χ4v) is 2.87. The normalized spacial score (nSPS) is 11.9. The summed E-state index contributed by atoms with van der Waals surface area (Å²) in [5.41, 5.74) is 0.469. The molecule has 1 amide bonds. The van der Waals surface area contributed by atoms with Crippen molar-refractivity contribution in [3.8, 4) is 5.75 Å². The van der Waals surface area contributed by atoms with Crippen LogP contribution in [0.1, 0.15) is 6.92 Å². The number of benzene rings is 2. The van der Waals surface area contributed by atoms with Crippen LogP contribution in [0.25, 0.3) is 0 Å². The van der Waals surface area contributed by atoms with Crippen LogP contribution in [0, 0.1) is 5.82 Å². The summed E-state index contributed by atoms with van der Waals surface area (Å²) in [5, 5.41) is 3.23. The molecule has 0 aliphatic rings. The van der Waals surface area contributed by atoms with Crippen LogP contribution in [-0.4, -0.2) is 12.0 Å². The molecule has 0 radical (unpaired) electrons. The van der Waals surface area contributed by atoms with Crippen molar-refractivity contribution in [2.75, 3.05) is 5.32 Å². The summed E-state index contributed by atoms with van der Waals surface area (Å²) in [6.07, 6.45) is -0.741. The molecule has 116 valence electrons. The van der Waals surface area contributed by atoms with Gasteiger partial charge in [-0.05, 0) is 75.2 Å². The van der Waals surface area contributed by atoms with Crippen LogP contribution in [0.4, 0.5) is 10.1 Å². The van der Waals surface area contributed by atoms with Crippen LogP contribution >= 0.6 is 43.5 Å². The number of hydrogen-bond acceptors (Lipinski definition) is 2. The van der Waals surface area contributed by atoms with Gasteiger partial charge in [-0.15, -0.1) is 0 Å². The first-order valence-corrected chi connectivity index (χ1v) is 8.21. The minimum absolute atomic E-state index is 0.353. The molecule has 2 aromatic carbocycles. The Bertz CT molecular complexity index is 712. The summed E-state index contributed by atoms with van der Waals surface area (Å²) in [4.78, 5) is 12.1. The third-order valence-corrected chi connectivity index (χ3v) is 4.27. The van der Waals surface area contributed by atoms with Crippen LogP contribution in [-0.2, 0) is 4.79 Å².